The number of carbonyl (C=O) groups is 1. The third-order valence-electron chi connectivity index (χ3n) is 4.03. The Balaban J connectivity index is 2.20. The van der Waals surface area contributed by atoms with Gasteiger partial charge in [0.25, 0.3) is 0 Å². The Morgan fingerprint density at radius 2 is 2.05 bits per heavy atom. The van der Waals surface area contributed by atoms with Crippen LogP contribution in [0.4, 0.5) is 5.69 Å². The van der Waals surface area contributed by atoms with Crippen LogP contribution in [0, 0.1) is 11.8 Å². The van der Waals surface area contributed by atoms with Gasteiger partial charge >= 0.3 is 0 Å². The second-order valence-corrected chi connectivity index (χ2v) is 5.62. The highest BCUT2D eigenvalue weighted by Gasteiger charge is 2.32. The predicted molar refractivity (Wildman–Crippen MR) is 83.1 cm³/mol. The Kier molecular flexibility index (Phi) is 5.31. The van der Waals surface area contributed by atoms with E-state index in [9.17, 15) is 4.79 Å². The molecule has 0 bridgehead atoms. The minimum Gasteiger partial charge on any atom is -0.495 e. The molecule has 1 fully saturated rings. The van der Waals surface area contributed by atoms with Crippen molar-refractivity contribution in [3.05, 3.63) is 17.2 Å². The smallest absolute Gasteiger partial charge is 0.227 e. The Labute approximate surface area is 129 Å². The summed E-state index contributed by atoms with van der Waals surface area (Å²) in [6.45, 7) is 0.541. The molecule has 2 atom stereocenters. The van der Waals surface area contributed by atoms with Gasteiger partial charge in [0.05, 0.1) is 24.9 Å². The van der Waals surface area contributed by atoms with Gasteiger partial charge < -0.3 is 20.5 Å². The maximum absolute atomic E-state index is 12.4. The number of rotatable bonds is 5. The SMILES string of the molecule is COc1cc(NC(=O)C2CCCC2CN)c(OC)cc1Cl. The first-order chi connectivity index (χ1) is 10.1. The number of nitrogens with one attached hydrogen (secondary N) is 1. The van der Waals surface area contributed by atoms with Crippen molar-refractivity contribution in [2.45, 2.75) is 19.3 Å². The van der Waals surface area contributed by atoms with E-state index in [4.69, 9.17) is 26.8 Å². The van der Waals surface area contributed by atoms with Crippen LogP contribution in [0.5, 0.6) is 11.5 Å². The lowest BCUT2D eigenvalue weighted by atomic mass is 9.95. The van der Waals surface area contributed by atoms with Gasteiger partial charge in [0.1, 0.15) is 11.5 Å². The third kappa shape index (κ3) is 3.41. The fraction of sp³-hybridized carbons (Fsp3) is 0.533. The molecule has 1 aliphatic carbocycles. The highest BCUT2D eigenvalue weighted by molar-refractivity contribution is 6.32. The maximum Gasteiger partial charge on any atom is 0.227 e. The van der Waals surface area contributed by atoms with E-state index >= 15 is 0 Å². The van der Waals surface area contributed by atoms with Gasteiger partial charge in [0.2, 0.25) is 5.91 Å². The number of halogens is 1. The van der Waals surface area contributed by atoms with Crippen LogP contribution in [0.15, 0.2) is 12.1 Å². The first kappa shape index (κ1) is 15.9. The molecule has 2 unspecified atom stereocenters. The number of hydrogen-bond acceptors (Lipinski definition) is 4. The van der Waals surface area contributed by atoms with Crippen LogP contribution in [0.25, 0.3) is 0 Å². The lowest BCUT2D eigenvalue weighted by Gasteiger charge is -2.19. The molecular weight excluding hydrogens is 292 g/mol. The summed E-state index contributed by atoms with van der Waals surface area (Å²) in [4.78, 5) is 12.4. The highest BCUT2D eigenvalue weighted by Crippen LogP contribution is 2.37. The molecule has 1 aliphatic rings. The lowest BCUT2D eigenvalue weighted by Crippen LogP contribution is -2.29. The van der Waals surface area contributed by atoms with E-state index in [0.29, 0.717) is 28.8 Å². The molecule has 0 aromatic heterocycles. The summed E-state index contributed by atoms with van der Waals surface area (Å²) < 4.78 is 10.4. The first-order valence-electron chi connectivity index (χ1n) is 7.03. The normalized spacial score (nSPS) is 21.1. The van der Waals surface area contributed by atoms with Gasteiger partial charge in [-0.1, -0.05) is 18.0 Å². The average molecular weight is 313 g/mol. The van der Waals surface area contributed by atoms with Crippen molar-refractivity contribution in [3.8, 4) is 11.5 Å². The van der Waals surface area contributed by atoms with Gasteiger partial charge in [-0.25, -0.2) is 0 Å². The molecule has 6 heteroatoms. The zero-order valence-corrected chi connectivity index (χ0v) is 13.1. The fourth-order valence-electron chi connectivity index (χ4n) is 2.85. The van der Waals surface area contributed by atoms with Gasteiger partial charge in [0, 0.05) is 18.1 Å². The van der Waals surface area contributed by atoms with E-state index in [2.05, 4.69) is 5.32 Å². The number of ether oxygens (including phenoxy) is 2. The Morgan fingerprint density at radius 1 is 1.33 bits per heavy atom. The van der Waals surface area contributed by atoms with Crippen LogP contribution in [0.2, 0.25) is 5.02 Å². The standard InChI is InChI=1S/C15H21ClN2O3/c1-20-13-7-12(14(21-2)6-11(13)16)18-15(19)10-5-3-4-9(10)8-17/h6-7,9-10H,3-5,8,17H2,1-2H3,(H,18,19). The number of nitrogens with two attached hydrogens (primary N) is 1. The van der Waals surface area contributed by atoms with Crippen molar-refractivity contribution < 1.29 is 14.3 Å². The van der Waals surface area contributed by atoms with Gasteiger partial charge in [0.15, 0.2) is 0 Å². The Morgan fingerprint density at radius 3 is 2.67 bits per heavy atom. The van der Waals surface area contributed by atoms with E-state index in [-0.39, 0.29) is 17.7 Å². The van der Waals surface area contributed by atoms with Crippen LogP contribution in [-0.2, 0) is 4.79 Å². The van der Waals surface area contributed by atoms with Crippen molar-refractivity contribution in [1.82, 2.24) is 0 Å². The van der Waals surface area contributed by atoms with Crippen LogP contribution < -0.4 is 20.5 Å². The molecule has 3 N–H and O–H groups in total. The zero-order chi connectivity index (χ0) is 15.4. The molecule has 1 aromatic carbocycles. The van der Waals surface area contributed by atoms with E-state index in [1.54, 1.807) is 12.1 Å². The number of anilines is 1. The van der Waals surface area contributed by atoms with Gasteiger partial charge in [-0.15, -0.1) is 0 Å². The molecule has 0 aliphatic heterocycles. The number of carbonyl (C=O) groups excluding carboxylic acids is 1. The van der Waals surface area contributed by atoms with Crippen LogP contribution in [0.1, 0.15) is 19.3 Å². The van der Waals surface area contributed by atoms with Crippen molar-refractivity contribution in [2.24, 2.45) is 17.6 Å². The second-order valence-electron chi connectivity index (χ2n) is 5.21. The largest absolute Gasteiger partial charge is 0.495 e. The summed E-state index contributed by atoms with van der Waals surface area (Å²) in [6.07, 6.45) is 2.93. The quantitative estimate of drug-likeness (QED) is 0.876. The van der Waals surface area contributed by atoms with Crippen LogP contribution in [0.3, 0.4) is 0 Å². The molecule has 21 heavy (non-hydrogen) atoms. The maximum atomic E-state index is 12.4. The van der Waals surface area contributed by atoms with Gasteiger partial charge in [-0.3, -0.25) is 4.79 Å². The van der Waals surface area contributed by atoms with Crippen molar-refractivity contribution in [2.75, 3.05) is 26.1 Å². The summed E-state index contributed by atoms with van der Waals surface area (Å²) >= 11 is 6.06. The zero-order valence-electron chi connectivity index (χ0n) is 12.3. The lowest BCUT2D eigenvalue weighted by molar-refractivity contribution is -0.120. The molecule has 1 saturated carbocycles. The molecule has 1 amide bonds. The molecule has 1 aromatic rings. The second kappa shape index (κ2) is 7.00. The molecule has 0 saturated heterocycles. The van der Waals surface area contributed by atoms with E-state index in [1.165, 1.54) is 14.2 Å². The van der Waals surface area contributed by atoms with E-state index in [1.807, 2.05) is 0 Å². The molecule has 2 rings (SSSR count). The molecule has 116 valence electrons. The number of methoxy groups -OCH3 is 2. The van der Waals surface area contributed by atoms with E-state index < -0.39 is 0 Å². The Bertz CT molecular complexity index is 522. The van der Waals surface area contributed by atoms with Crippen molar-refractivity contribution >= 4 is 23.2 Å². The molecule has 0 radical (unpaired) electrons. The summed E-state index contributed by atoms with van der Waals surface area (Å²) in [7, 11) is 3.06. The minimum atomic E-state index is -0.0404. The summed E-state index contributed by atoms with van der Waals surface area (Å²) in [5.74, 6) is 1.20. The van der Waals surface area contributed by atoms with Gasteiger partial charge in [-0.05, 0) is 25.3 Å². The van der Waals surface area contributed by atoms with Crippen molar-refractivity contribution in [1.29, 1.82) is 0 Å². The average Bonchev–Trinajstić information content (AvgIpc) is 2.97. The molecule has 5 nitrogen and oxygen atoms in total. The number of amides is 1. The molecule has 0 spiro atoms. The van der Waals surface area contributed by atoms with Gasteiger partial charge in [-0.2, -0.15) is 0 Å². The first-order valence-corrected chi connectivity index (χ1v) is 7.41. The topological polar surface area (TPSA) is 73.6 Å². The predicted octanol–water partition coefficient (Wildman–Crippen LogP) is 2.67. The third-order valence-corrected chi connectivity index (χ3v) is 4.33. The Hall–Kier alpha value is -1.46. The fourth-order valence-corrected chi connectivity index (χ4v) is 3.08. The monoisotopic (exact) mass is 312 g/mol. The number of hydrogen-bond donors (Lipinski definition) is 2. The summed E-state index contributed by atoms with van der Waals surface area (Å²) in [5.41, 5.74) is 6.30. The summed E-state index contributed by atoms with van der Waals surface area (Å²) in [5, 5.41) is 3.35. The number of benzene rings is 1. The van der Waals surface area contributed by atoms with E-state index in [0.717, 1.165) is 19.3 Å². The van der Waals surface area contributed by atoms with Crippen LogP contribution in [-0.4, -0.2) is 26.7 Å². The highest BCUT2D eigenvalue weighted by atomic mass is 35.5. The minimum absolute atomic E-state index is 0.0226. The molecule has 0 heterocycles. The van der Waals surface area contributed by atoms with Crippen molar-refractivity contribution in [3.63, 3.8) is 0 Å². The van der Waals surface area contributed by atoms with Crippen LogP contribution >= 0.6 is 11.6 Å². The molecular formula is C15H21ClN2O3. The summed E-state index contributed by atoms with van der Waals surface area (Å²) in [6, 6.07) is 3.30.